The minimum atomic E-state index is -1.35. The topological polar surface area (TPSA) is 703 Å². The van der Waals surface area contributed by atoms with E-state index in [9.17, 15) is 47.9 Å². The summed E-state index contributed by atoms with van der Waals surface area (Å²) in [4.78, 5) is 159. The molecule has 0 aliphatic carbocycles. The van der Waals surface area contributed by atoms with Gasteiger partial charge in [0.1, 0.15) is 42.3 Å². The summed E-state index contributed by atoms with van der Waals surface area (Å²) in [5.74, 6) is -6.64. The third kappa shape index (κ3) is 35.9. The number of unbranched alkanes of at least 4 members (excludes halogenated alkanes) is 2. The maximum Gasteiger partial charge on any atom is 0.315 e. The van der Waals surface area contributed by atoms with E-state index in [1.165, 1.54) is 0 Å². The zero-order valence-corrected chi connectivity index (χ0v) is 55.1. The van der Waals surface area contributed by atoms with Gasteiger partial charge in [-0.05, 0) is 109 Å². The number of rotatable bonds is 49. The number of primary amides is 1. The molecule has 0 unspecified atom stereocenters. The van der Waals surface area contributed by atoms with Gasteiger partial charge in [-0.2, -0.15) is 11.8 Å². The molecule has 0 aromatic heterocycles. The van der Waals surface area contributed by atoms with Crippen LogP contribution in [0.3, 0.4) is 0 Å². The molecule has 2 aliphatic heterocycles. The second-order valence-corrected chi connectivity index (χ2v) is 23.9. The molecule has 2 heterocycles. The van der Waals surface area contributed by atoms with Crippen molar-refractivity contribution in [3.8, 4) is 0 Å². The van der Waals surface area contributed by atoms with Crippen molar-refractivity contribution in [1.29, 1.82) is 0 Å². The van der Waals surface area contributed by atoms with Crippen LogP contribution in [0.5, 0.6) is 0 Å². The largest absolute Gasteiger partial charge is 0.370 e. The highest BCUT2D eigenvalue weighted by Crippen LogP contribution is 2.33. The van der Waals surface area contributed by atoms with Gasteiger partial charge < -0.3 is 128 Å². The second kappa shape index (κ2) is 45.7. The van der Waals surface area contributed by atoms with E-state index in [2.05, 4.69) is 83.1 Å². The van der Waals surface area contributed by atoms with Crippen LogP contribution in [-0.4, -0.2) is 206 Å². The maximum atomic E-state index is 14.3. The number of amides is 11. The molecule has 0 saturated carbocycles. The van der Waals surface area contributed by atoms with E-state index in [0.29, 0.717) is 12.8 Å². The molecule has 40 heteroatoms. The first-order chi connectivity index (χ1) is 45.1. The first-order valence-electron chi connectivity index (χ1n) is 31.8. The lowest BCUT2D eigenvalue weighted by molar-refractivity contribution is -0.135. The number of carbonyl (C=O) groups excluding carboxylic acids is 10. The quantitative estimate of drug-likeness (QED) is 0.0116. The summed E-state index contributed by atoms with van der Waals surface area (Å²) < 4.78 is 0. The second-order valence-electron chi connectivity index (χ2n) is 22.6. The molecule has 2 rings (SSSR count). The molecule has 0 radical (unpaired) electrons. The van der Waals surface area contributed by atoms with E-state index in [1.807, 2.05) is 0 Å². The number of nitrogens with one attached hydrogen (secondary N) is 10. The van der Waals surface area contributed by atoms with Crippen LogP contribution in [0.4, 0.5) is 4.79 Å². The van der Waals surface area contributed by atoms with Crippen molar-refractivity contribution in [3.05, 3.63) is 0 Å². The highest BCUT2D eigenvalue weighted by Gasteiger charge is 2.43. The molecule has 0 aromatic carbocycles. The van der Waals surface area contributed by atoms with E-state index >= 15 is 0 Å². The van der Waals surface area contributed by atoms with E-state index in [-0.39, 0.29) is 214 Å². The van der Waals surface area contributed by atoms with Crippen LogP contribution in [-0.2, 0) is 43.2 Å². The van der Waals surface area contributed by atoms with Crippen LogP contribution in [0.2, 0.25) is 0 Å². The number of nitrogens with two attached hydrogens (primary N) is 13. The molecule has 39 nitrogen and oxygen atoms in total. The molecule has 536 valence electrons. The Balaban J connectivity index is 2.29. The summed E-state index contributed by atoms with van der Waals surface area (Å²) in [5, 5.41) is 27.7. The SMILES string of the molecule is CCC(=O)N[C@@H](CCCN=C(N)N)C(=O)N[C@@H](CCCN=C(N)N)C(=O)N[C@@H](CCCN=C(N)N)C(=O)N[C@@H](CCCN=C(N)N)C(=O)NCCCC[C@H](NC(=O)[C@H](CCCN=C(N)N)NC(=O)[C@H](CCCN=C(N)N)NC(=O)CCCC[C@@H]1SC[C@@H]2NC(=O)N[C@@H]21)C(N)=O. The third-order valence-electron chi connectivity index (χ3n) is 14.8. The van der Waals surface area contributed by atoms with Gasteiger partial charge in [-0.25, -0.2) is 4.79 Å². The molecular weight excluding hydrogens is 1260 g/mol. The number of urea groups is 1. The van der Waals surface area contributed by atoms with Gasteiger partial charge in [-0.3, -0.25) is 73.1 Å². The molecule has 2 fully saturated rings. The normalized spacial score (nSPS) is 16.6. The summed E-state index contributed by atoms with van der Waals surface area (Å²) in [5.41, 5.74) is 72.0. The summed E-state index contributed by atoms with van der Waals surface area (Å²) in [6.45, 7) is 2.11. The lowest BCUT2D eigenvalue weighted by Gasteiger charge is -2.26. The Hall–Kier alpha value is -9.53. The Morgan fingerprint density at radius 1 is 0.411 bits per heavy atom. The number of aliphatic imine (C=N–C) groups is 6. The van der Waals surface area contributed by atoms with Crippen molar-refractivity contribution in [3.63, 3.8) is 0 Å². The molecule has 10 atom stereocenters. The van der Waals surface area contributed by atoms with Gasteiger partial charge in [0.2, 0.25) is 53.2 Å². The minimum Gasteiger partial charge on any atom is -0.370 e. The summed E-state index contributed by atoms with van der Waals surface area (Å²) in [7, 11) is 0. The Bertz CT molecular complexity index is 2680. The van der Waals surface area contributed by atoms with Gasteiger partial charge in [0.25, 0.3) is 0 Å². The average Bonchev–Trinajstić information content (AvgIpc) is 1.70. The molecule has 36 N–H and O–H groups in total. The Kier molecular flexibility index (Phi) is 39.2. The predicted molar refractivity (Wildman–Crippen MR) is 363 cm³/mol. The number of hydrogen-bond acceptors (Lipinski definition) is 17. The van der Waals surface area contributed by atoms with Crippen LogP contribution in [0, 0.1) is 0 Å². The molecule has 2 aliphatic rings. The van der Waals surface area contributed by atoms with E-state index in [1.54, 1.807) is 18.7 Å². The number of hydrogen-bond donors (Lipinski definition) is 23. The fraction of sp³-hybridized carbons (Fsp3) is 0.709. The number of nitrogens with zero attached hydrogens (tertiary/aromatic N) is 6. The first-order valence-corrected chi connectivity index (χ1v) is 32.8. The van der Waals surface area contributed by atoms with Crippen molar-refractivity contribution >= 4 is 107 Å². The Morgan fingerprint density at radius 2 is 0.737 bits per heavy atom. The monoisotopic (exact) mass is 1360 g/mol. The van der Waals surface area contributed by atoms with Gasteiger partial charge in [0, 0.05) is 69.7 Å². The van der Waals surface area contributed by atoms with Gasteiger partial charge >= 0.3 is 6.03 Å². The molecule has 0 aromatic rings. The number of guanidine groups is 6. The van der Waals surface area contributed by atoms with Gasteiger partial charge in [-0.15, -0.1) is 0 Å². The highest BCUT2D eigenvalue weighted by atomic mass is 32.2. The fourth-order valence-electron chi connectivity index (χ4n) is 9.93. The highest BCUT2D eigenvalue weighted by molar-refractivity contribution is 8.00. The number of carbonyl (C=O) groups is 10. The molecule has 95 heavy (non-hydrogen) atoms. The zero-order valence-electron chi connectivity index (χ0n) is 54.3. The van der Waals surface area contributed by atoms with E-state index in [4.69, 9.17) is 74.5 Å². The van der Waals surface area contributed by atoms with Crippen molar-refractivity contribution < 1.29 is 47.9 Å². The van der Waals surface area contributed by atoms with Crippen molar-refractivity contribution in [2.24, 2.45) is 104 Å². The van der Waals surface area contributed by atoms with Crippen LogP contribution >= 0.6 is 11.8 Å². The number of fused-ring (bicyclic) bond motifs is 1. The fourth-order valence-corrected chi connectivity index (χ4v) is 11.5. The molecular formula is C55H105N29O10S. The van der Waals surface area contributed by atoms with Gasteiger partial charge in [0.05, 0.1) is 12.1 Å². The molecule has 11 amide bonds. The third-order valence-corrected chi connectivity index (χ3v) is 16.3. The zero-order chi connectivity index (χ0) is 70.8. The summed E-state index contributed by atoms with van der Waals surface area (Å²) >= 11 is 1.76. The smallest absolute Gasteiger partial charge is 0.315 e. The Morgan fingerprint density at radius 3 is 1.08 bits per heavy atom. The van der Waals surface area contributed by atoms with Crippen LogP contribution in [0.1, 0.15) is 135 Å². The maximum absolute atomic E-state index is 14.3. The summed E-state index contributed by atoms with van der Waals surface area (Å²) in [6, 6.07) is -8.82. The molecule has 0 bridgehead atoms. The minimum absolute atomic E-state index is 0.00639. The van der Waals surface area contributed by atoms with Crippen LogP contribution in [0.15, 0.2) is 30.0 Å². The standard InChI is InChI=1S/C55H105N29O10S/c1-2-39(85)76-32(15-8-24-71-50(59)60)44(89)81-36(19-12-28-75-54(67)68)48(93)82-35(18-11-27-74-53(65)66)47(92)79-31(14-7-23-70-49(57)58)43(88)69-22-6-5-13-30(42(56)87)78-46(91)34(17-10-26-73-52(63)64)80-45(90)33(16-9-25-72-51(61)62)77-40(86)21-4-3-20-38-41-37(29-95-38)83-55(94)84-41/h30-38,41H,2-29H2,1H3,(H2,56,87)(H,69,88)(H,76,85)(H,77,86)(H,78,91)(H,79,92)(H,80,90)(H,81,89)(H,82,93)(H4,57,58,70)(H4,59,60,71)(H4,61,62,72)(H4,63,64,73)(H4,65,66,74)(H4,67,68,75)(H2,83,84,94)/t30-,31-,32-,33-,34-,35-,36-,37-,38-,41-/m0/s1. The van der Waals surface area contributed by atoms with E-state index in [0.717, 1.165) is 12.2 Å². The summed E-state index contributed by atoms with van der Waals surface area (Å²) in [6.07, 6.45) is 3.79. The van der Waals surface area contributed by atoms with E-state index < -0.39 is 95.5 Å². The van der Waals surface area contributed by atoms with Crippen molar-refractivity contribution in [1.82, 2.24) is 53.2 Å². The van der Waals surface area contributed by atoms with Crippen LogP contribution in [0.25, 0.3) is 0 Å². The molecule has 2 saturated heterocycles. The van der Waals surface area contributed by atoms with Gasteiger partial charge in [0.15, 0.2) is 35.8 Å². The van der Waals surface area contributed by atoms with Crippen molar-refractivity contribution in [2.45, 2.75) is 195 Å². The first kappa shape index (κ1) is 81.6. The number of thioether (sulfide) groups is 1. The molecule has 0 spiro atoms. The lowest BCUT2D eigenvalue weighted by Crippen LogP contribution is -2.58. The average molecular weight is 1360 g/mol. The van der Waals surface area contributed by atoms with Crippen LogP contribution < -0.4 is 128 Å². The van der Waals surface area contributed by atoms with Crippen molar-refractivity contribution in [2.75, 3.05) is 51.6 Å². The van der Waals surface area contributed by atoms with Gasteiger partial charge in [-0.1, -0.05) is 13.3 Å². The lowest BCUT2D eigenvalue weighted by atomic mass is 10.0. The Labute approximate surface area is 556 Å². The predicted octanol–water partition coefficient (Wildman–Crippen LogP) is -8.39.